The van der Waals surface area contributed by atoms with Gasteiger partial charge in [0.1, 0.15) is 5.76 Å². The van der Waals surface area contributed by atoms with E-state index < -0.39 is 0 Å². The maximum absolute atomic E-state index is 9.45. The van der Waals surface area contributed by atoms with E-state index >= 15 is 0 Å². The fourth-order valence-electron chi connectivity index (χ4n) is 2.12. The highest BCUT2D eigenvalue weighted by molar-refractivity contribution is 5.07. The molecule has 0 saturated heterocycles. The van der Waals surface area contributed by atoms with E-state index in [1.54, 1.807) is 6.26 Å². The third-order valence-electron chi connectivity index (χ3n) is 3.32. The molecule has 2 rings (SSSR count). The first-order chi connectivity index (χ1) is 7.15. The molecule has 0 amide bonds. The van der Waals surface area contributed by atoms with Gasteiger partial charge in [0, 0.05) is 5.54 Å². The summed E-state index contributed by atoms with van der Waals surface area (Å²) in [6.45, 7) is 4.34. The van der Waals surface area contributed by atoms with Crippen LogP contribution >= 0.6 is 0 Å². The van der Waals surface area contributed by atoms with Crippen molar-refractivity contribution in [3.63, 3.8) is 0 Å². The van der Waals surface area contributed by atoms with Gasteiger partial charge in [-0.3, -0.25) is 5.32 Å². The molecule has 1 aromatic rings. The average molecular weight is 209 g/mol. The zero-order valence-corrected chi connectivity index (χ0v) is 9.36. The predicted octanol–water partition coefficient (Wildman–Crippen LogP) is 2.09. The Morgan fingerprint density at radius 2 is 2.40 bits per heavy atom. The molecule has 84 valence electrons. The summed E-state index contributed by atoms with van der Waals surface area (Å²) in [7, 11) is 0. The van der Waals surface area contributed by atoms with Gasteiger partial charge in [0.15, 0.2) is 0 Å². The van der Waals surface area contributed by atoms with E-state index in [-0.39, 0.29) is 18.2 Å². The zero-order valence-electron chi connectivity index (χ0n) is 9.36. The lowest BCUT2D eigenvalue weighted by Gasteiger charge is -2.31. The van der Waals surface area contributed by atoms with E-state index in [0.29, 0.717) is 5.92 Å². The molecule has 0 spiro atoms. The van der Waals surface area contributed by atoms with Crippen LogP contribution in [0, 0.1) is 5.92 Å². The largest absolute Gasteiger partial charge is 0.468 e. The van der Waals surface area contributed by atoms with E-state index in [0.717, 1.165) is 5.76 Å². The Balaban J connectivity index is 2.00. The summed E-state index contributed by atoms with van der Waals surface area (Å²) in [5.41, 5.74) is -0.161. The van der Waals surface area contributed by atoms with Crippen molar-refractivity contribution in [3.8, 4) is 0 Å². The summed E-state index contributed by atoms with van der Waals surface area (Å²) < 4.78 is 5.34. The van der Waals surface area contributed by atoms with Gasteiger partial charge in [-0.25, -0.2) is 0 Å². The summed E-state index contributed by atoms with van der Waals surface area (Å²) in [4.78, 5) is 0. The number of furan rings is 1. The molecule has 15 heavy (non-hydrogen) atoms. The number of aliphatic hydroxyl groups excluding tert-OH is 1. The van der Waals surface area contributed by atoms with Crippen LogP contribution in [0.4, 0.5) is 0 Å². The quantitative estimate of drug-likeness (QED) is 0.780. The first-order valence-corrected chi connectivity index (χ1v) is 5.57. The molecule has 3 nitrogen and oxygen atoms in total. The Hall–Kier alpha value is -0.800. The van der Waals surface area contributed by atoms with Crippen LogP contribution in [0.1, 0.15) is 38.5 Å². The number of rotatable bonds is 5. The molecule has 1 heterocycles. The Morgan fingerprint density at radius 3 is 2.87 bits per heavy atom. The highest BCUT2D eigenvalue weighted by atomic mass is 16.3. The molecule has 1 aliphatic rings. The number of hydrogen-bond acceptors (Lipinski definition) is 3. The summed E-state index contributed by atoms with van der Waals surface area (Å²) in [6, 6.07) is 4.00. The predicted molar refractivity (Wildman–Crippen MR) is 58.5 cm³/mol. The molecule has 3 heteroatoms. The fraction of sp³-hybridized carbons (Fsp3) is 0.667. The molecule has 0 bridgehead atoms. The van der Waals surface area contributed by atoms with Gasteiger partial charge in [-0.1, -0.05) is 0 Å². The van der Waals surface area contributed by atoms with Gasteiger partial charge in [-0.2, -0.15) is 0 Å². The van der Waals surface area contributed by atoms with E-state index in [2.05, 4.69) is 19.2 Å². The zero-order chi connectivity index (χ0) is 10.9. The maximum Gasteiger partial charge on any atom is 0.120 e. The molecule has 0 unspecified atom stereocenters. The van der Waals surface area contributed by atoms with Crippen molar-refractivity contribution in [2.45, 2.75) is 38.3 Å². The lowest BCUT2D eigenvalue weighted by atomic mass is 9.95. The van der Waals surface area contributed by atoms with Crippen molar-refractivity contribution in [2.24, 2.45) is 5.92 Å². The minimum Gasteiger partial charge on any atom is -0.468 e. The summed E-state index contributed by atoms with van der Waals surface area (Å²) in [5.74, 6) is 1.54. The molecule has 2 atom stereocenters. The van der Waals surface area contributed by atoms with Crippen molar-refractivity contribution in [1.82, 2.24) is 5.32 Å². The summed E-state index contributed by atoms with van der Waals surface area (Å²) in [6.07, 6.45) is 4.12. The minimum absolute atomic E-state index is 0.151. The Labute approximate surface area is 90.5 Å². The Kier molecular flexibility index (Phi) is 2.85. The van der Waals surface area contributed by atoms with E-state index in [4.69, 9.17) is 4.42 Å². The van der Waals surface area contributed by atoms with Crippen molar-refractivity contribution in [3.05, 3.63) is 24.2 Å². The number of aliphatic hydroxyl groups is 1. The average Bonchev–Trinajstić information content (AvgIpc) is 2.94. The smallest absolute Gasteiger partial charge is 0.120 e. The summed E-state index contributed by atoms with van der Waals surface area (Å²) >= 11 is 0. The van der Waals surface area contributed by atoms with Crippen LogP contribution in [-0.4, -0.2) is 17.3 Å². The molecule has 1 aromatic heterocycles. The maximum atomic E-state index is 9.45. The van der Waals surface area contributed by atoms with Gasteiger partial charge < -0.3 is 9.52 Å². The van der Waals surface area contributed by atoms with Crippen LogP contribution < -0.4 is 5.32 Å². The molecule has 0 aromatic carbocycles. The van der Waals surface area contributed by atoms with E-state index in [1.807, 2.05) is 12.1 Å². The molecule has 1 fully saturated rings. The van der Waals surface area contributed by atoms with Crippen LogP contribution in [0.15, 0.2) is 22.8 Å². The van der Waals surface area contributed by atoms with Crippen molar-refractivity contribution in [1.29, 1.82) is 0 Å². The normalized spacial score (nSPS) is 22.3. The Morgan fingerprint density at radius 1 is 1.67 bits per heavy atom. The van der Waals surface area contributed by atoms with Gasteiger partial charge in [0.25, 0.3) is 0 Å². The number of hydrogen-bond donors (Lipinski definition) is 2. The number of nitrogens with one attached hydrogen (secondary N) is 1. The minimum atomic E-state index is -0.161. The topological polar surface area (TPSA) is 45.4 Å². The lowest BCUT2D eigenvalue weighted by molar-refractivity contribution is 0.140. The lowest BCUT2D eigenvalue weighted by Crippen LogP contribution is -2.48. The molecule has 0 radical (unpaired) electrons. The SMILES string of the molecule is C[C@H](N[C@](C)(CO)C1CC1)c1ccco1. The first-order valence-electron chi connectivity index (χ1n) is 5.57. The third kappa shape index (κ3) is 2.24. The van der Waals surface area contributed by atoms with Gasteiger partial charge in [0.2, 0.25) is 0 Å². The van der Waals surface area contributed by atoms with Gasteiger partial charge in [0.05, 0.1) is 18.9 Å². The highest BCUT2D eigenvalue weighted by Gasteiger charge is 2.41. The second kappa shape index (κ2) is 3.99. The van der Waals surface area contributed by atoms with Crippen molar-refractivity contribution >= 4 is 0 Å². The van der Waals surface area contributed by atoms with Crippen LogP contribution in [0.2, 0.25) is 0 Å². The van der Waals surface area contributed by atoms with Gasteiger partial charge in [-0.05, 0) is 44.7 Å². The van der Waals surface area contributed by atoms with E-state index in [9.17, 15) is 5.11 Å². The molecular weight excluding hydrogens is 190 g/mol. The summed E-state index contributed by atoms with van der Waals surface area (Å²) in [5, 5.41) is 12.9. The van der Waals surface area contributed by atoms with Crippen LogP contribution in [0.5, 0.6) is 0 Å². The molecular formula is C12H19NO2. The standard InChI is InChI=1S/C12H19NO2/c1-9(11-4-3-7-15-11)13-12(2,8-14)10-5-6-10/h3-4,7,9-10,13-14H,5-6,8H2,1-2H3/t9-,12+/m0/s1. The molecule has 1 saturated carbocycles. The van der Waals surface area contributed by atoms with E-state index in [1.165, 1.54) is 12.8 Å². The van der Waals surface area contributed by atoms with Crippen molar-refractivity contribution < 1.29 is 9.52 Å². The van der Waals surface area contributed by atoms with Crippen LogP contribution in [0.25, 0.3) is 0 Å². The van der Waals surface area contributed by atoms with Gasteiger partial charge >= 0.3 is 0 Å². The Bertz CT molecular complexity index is 305. The van der Waals surface area contributed by atoms with Gasteiger partial charge in [-0.15, -0.1) is 0 Å². The molecule has 1 aliphatic carbocycles. The molecule has 2 N–H and O–H groups in total. The first kappa shape index (κ1) is 10.7. The highest BCUT2D eigenvalue weighted by Crippen LogP contribution is 2.40. The van der Waals surface area contributed by atoms with Crippen LogP contribution in [-0.2, 0) is 0 Å². The van der Waals surface area contributed by atoms with Crippen molar-refractivity contribution in [2.75, 3.05) is 6.61 Å². The molecule has 0 aliphatic heterocycles. The second-order valence-corrected chi connectivity index (χ2v) is 4.73. The van der Waals surface area contributed by atoms with Crippen LogP contribution in [0.3, 0.4) is 0 Å². The second-order valence-electron chi connectivity index (χ2n) is 4.73. The monoisotopic (exact) mass is 209 g/mol. The third-order valence-corrected chi connectivity index (χ3v) is 3.32. The fourth-order valence-corrected chi connectivity index (χ4v) is 2.12.